The molecule has 0 amide bonds. The number of hydrogen-bond donors (Lipinski definition) is 0. The average Bonchev–Trinajstić information content (AvgIpc) is 3.60. The smallest absolute Gasteiger partial charge is 0.164 e. The summed E-state index contributed by atoms with van der Waals surface area (Å²) in [5.41, 5.74) is 11.2. The van der Waals surface area contributed by atoms with E-state index in [0.717, 1.165) is 72.0 Å². The van der Waals surface area contributed by atoms with Gasteiger partial charge in [-0.25, -0.2) is 15.0 Å². The van der Waals surface area contributed by atoms with Crippen molar-refractivity contribution in [2.24, 2.45) is 0 Å². The molecule has 0 N–H and O–H groups in total. The van der Waals surface area contributed by atoms with Crippen molar-refractivity contribution in [2.45, 2.75) is 0 Å². The maximum Gasteiger partial charge on any atom is 0.164 e. The van der Waals surface area contributed by atoms with E-state index in [-0.39, 0.29) is 0 Å². The van der Waals surface area contributed by atoms with Gasteiger partial charge in [0.25, 0.3) is 0 Å². The number of benzene rings is 6. The van der Waals surface area contributed by atoms with E-state index in [1.165, 1.54) is 0 Å². The molecule has 6 heteroatoms. The Kier molecular flexibility index (Phi) is 7.42. The molecule has 3 aromatic heterocycles. The van der Waals surface area contributed by atoms with Crippen LogP contribution >= 0.6 is 0 Å². The molecule has 0 fully saturated rings. The van der Waals surface area contributed by atoms with E-state index in [9.17, 15) is 5.26 Å². The van der Waals surface area contributed by atoms with Crippen molar-refractivity contribution in [3.05, 3.63) is 170 Å². The van der Waals surface area contributed by atoms with Crippen molar-refractivity contribution in [1.82, 2.24) is 19.9 Å². The summed E-state index contributed by atoms with van der Waals surface area (Å²) in [6, 6.07) is 52.8. The minimum atomic E-state index is 0.553. The van der Waals surface area contributed by atoms with Crippen molar-refractivity contribution < 1.29 is 4.42 Å². The van der Waals surface area contributed by atoms with Gasteiger partial charge in [0.1, 0.15) is 11.2 Å². The summed E-state index contributed by atoms with van der Waals surface area (Å²) in [6.07, 6.45) is 3.63. The maximum atomic E-state index is 9.36. The molecule has 3 heterocycles. The number of furan rings is 1. The molecular formula is C45H27N5O. The van der Waals surface area contributed by atoms with Gasteiger partial charge in [0, 0.05) is 39.9 Å². The van der Waals surface area contributed by atoms with E-state index in [4.69, 9.17) is 19.4 Å². The molecule has 9 rings (SSSR count). The number of nitriles is 1. The first-order valence-electron chi connectivity index (χ1n) is 16.6. The maximum absolute atomic E-state index is 9.36. The molecule has 0 unspecified atom stereocenters. The normalized spacial score (nSPS) is 11.1. The van der Waals surface area contributed by atoms with Gasteiger partial charge in [-0.1, -0.05) is 103 Å². The van der Waals surface area contributed by atoms with Crippen molar-refractivity contribution in [3.63, 3.8) is 0 Å². The number of hydrogen-bond acceptors (Lipinski definition) is 6. The monoisotopic (exact) mass is 653 g/mol. The minimum absolute atomic E-state index is 0.553. The molecule has 6 nitrogen and oxygen atoms in total. The second-order valence-electron chi connectivity index (χ2n) is 12.3. The SMILES string of the molecule is N#Cc1cccc(-c2ccc(-c3nc(-c4ccccc4)nc(-c4ccc5c(c4)oc4cccc(-c6cccc(-c7ccncc7)c6)c45)n3)cc2)c1. The molecule has 0 saturated carbocycles. The zero-order valence-electron chi connectivity index (χ0n) is 27.2. The number of rotatable bonds is 6. The topological polar surface area (TPSA) is 88.5 Å². The fraction of sp³-hybridized carbons (Fsp3) is 0. The Morgan fingerprint density at radius 1 is 0.431 bits per heavy atom. The highest BCUT2D eigenvalue weighted by atomic mass is 16.3. The van der Waals surface area contributed by atoms with Crippen molar-refractivity contribution in [2.75, 3.05) is 0 Å². The number of fused-ring (bicyclic) bond motifs is 3. The zero-order valence-corrected chi connectivity index (χ0v) is 27.2. The molecule has 0 aliphatic heterocycles. The Bertz CT molecular complexity index is 2750. The van der Waals surface area contributed by atoms with Crippen LogP contribution in [0, 0.1) is 11.3 Å². The Balaban J connectivity index is 1.13. The average molecular weight is 654 g/mol. The fourth-order valence-electron chi connectivity index (χ4n) is 6.55. The molecule has 238 valence electrons. The summed E-state index contributed by atoms with van der Waals surface area (Å²) in [6.45, 7) is 0. The highest BCUT2D eigenvalue weighted by Gasteiger charge is 2.17. The van der Waals surface area contributed by atoms with Gasteiger partial charge in [0.05, 0.1) is 11.6 Å². The van der Waals surface area contributed by atoms with E-state index in [0.29, 0.717) is 23.0 Å². The third-order valence-corrected chi connectivity index (χ3v) is 9.08. The lowest BCUT2D eigenvalue weighted by Crippen LogP contribution is -2.00. The van der Waals surface area contributed by atoms with E-state index >= 15 is 0 Å². The minimum Gasteiger partial charge on any atom is -0.456 e. The van der Waals surface area contributed by atoms with Gasteiger partial charge < -0.3 is 4.42 Å². The third kappa shape index (κ3) is 5.69. The summed E-state index contributed by atoms with van der Waals surface area (Å²) in [5.74, 6) is 1.71. The lowest BCUT2D eigenvalue weighted by molar-refractivity contribution is 0.669. The van der Waals surface area contributed by atoms with Crippen molar-refractivity contribution in [1.29, 1.82) is 5.26 Å². The van der Waals surface area contributed by atoms with E-state index in [1.54, 1.807) is 6.07 Å². The van der Waals surface area contributed by atoms with E-state index < -0.39 is 0 Å². The Morgan fingerprint density at radius 3 is 1.78 bits per heavy atom. The first-order chi connectivity index (χ1) is 25.2. The number of aromatic nitrogens is 4. The second-order valence-corrected chi connectivity index (χ2v) is 12.3. The van der Waals surface area contributed by atoms with Crippen LogP contribution < -0.4 is 0 Å². The van der Waals surface area contributed by atoms with Gasteiger partial charge in [0.15, 0.2) is 17.5 Å². The van der Waals surface area contributed by atoms with Crippen LogP contribution in [-0.4, -0.2) is 19.9 Å². The van der Waals surface area contributed by atoms with Crippen LogP contribution in [0.3, 0.4) is 0 Å². The van der Waals surface area contributed by atoms with Gasteiger partial charge in [-0.2, -0.15) is 5.26 Å². The molecule has 0 aliphatic carbocycles. The molecule has 9 aromatic rings. The van der Waals surface area contributed by atoms with E-state index in [1.807, 2.05) is 116 Å². The summed E-state index contributed by atoms with van der Waals surface area (Å²) >= 11 is 0. The van der Waals surface area contributed by atoms with Gasteiger partial charge >= 0.3 is 0 Å². The molecule has 6 aromatic carbocycles. The summed E-state index contributed by atoms with van der Waals surface area (Å²) in [5, 5.41) is 11.4. The molecule has 0 radical (unpaired) electrons. The zero-order chi connectivity index (χ0) is 34.1. The Morgan fingerprint density at radius 2 is 1.02 bits per heavy atom. The van der Waals surface area contributed by atoms with Crippen LogP contribution in [0.2, 0.25) is 0 Å². The Hall–Kier alpha value is -7.23. The fourth-order valence-corrected chi connectivity index (χ4v) is 6.55. The van der Waals surface area contributed by atoms with Crippen LogP contribution in [0.1, 0.15) is 5.56 Å². The molecule has 0 aliphatic rings. The molecule has 0 spiro atoms. The first kappa shape index (κ1) is 29.9. The summed E-state index contributed by atoms with van der Waals surface area (Å²) in [4.78, 5) is 19.0. The predicted molar refractivity (Wildman–Crippen MR) is 202 cm³/mol. The molecule has 51 heavy (non-hydrogen) atoms. The van der Waals surface area contributed by atoms with Gasteiger partial charge in [-0.15, -0.1) is 0 Å². The van der Waals surface area contributed by atoms with Crippen molar-refractivity contribution >= 4 is 21.9 Å². The Labute approximate surface area is 294 Å². The van der Waals surface area contributed by atoms with Crippen LogP contribution in [0.15, 0.2) is 168 Å². The highest BCUT2D eigenvalue weighted by Crippen LogP contribution is 2.39. The van der Waals surface area contributed by atoms with Crippen LogP contribution in [0.25, 0.3) is 89.5 Å². The lowest BCUT2D eigenvalue weighted by Gasteiger charge is -2.09. The molecule has 0 saturated heterocycles. The molecule has 0 bridgehead atoms. The quantitative estimate of drug-likeness (QED) is 0.177. The third-order valence-electron chi connectivity index (χ3n) is 9.08. The highest BCUT2D eigenvalue weighted by molar-refractivity contribution is 6.13. The van der Waals surface area contributed by atoms with Gasteiger partial charge in [-0.3, -0.25) is 4.98 Å². The van der Waals surface area contributed by atoms with Crippen LogP contribution in [0.5, 0.6) is 0 Å². The van der Waals surface area contributed by atoms with Gasteiger partial charge in [0.2, 0.25) is 0 Å². The van der Waals surface area contributed by atoms with Gasteiger partial charge in [-0.05, 0) is 81.9 Å². The molecule has 0 atom stereocenters. The first-order valence-corrected chi connectivity index (χ1v) is 16.6. The van der Waals surface area contributed by atoms with Crippen molar-refractivity contribution in [3.8, 4) is 73.6 Å². The van der Waals surface area contributed by atoms with Crippen LogP contribution in [0.4, 0.5) is 0 Å². The van der Waals surface area contributed by atoms with Crippen LogP contribution in [-0.2, 0) is 0 Å². The summed E-state index contributed by atoms with van der Waals surface area (Å²) < 4.78 is 6.49. The molecular weight excluding hydrogens is 627 g/mol. The standard InChI is InChI=1S/C45H27N5O/c46-28-29-7-4-10-34(25-29)30-15-17-33(18-16-30)44-48-43(32-8-2-1-3-9-32)49-45(50-44)37-19-20-39-41(27-37)51-40-14-6-13-38(42(39)40)36-12-5-11-35(26-36)31-21-23-47-24-22-31/h1-27H. The second kappa shape index (κ2) is 12.7. The number of nitrogens with zero attached hydrogens (tertiary/aromatic N) is 5. The lowest BCUT2D eigenvalue weighted by atomic mass is 9.96. The van der Waals surface area contributed by atoms with E-state index in [2.05, 4.69) is 53.5 Å². The number of pyridine rings is 1. The predicted octanol–water partition coefficient (Wildman–Crippen LogP) is 11.0. The summed E-state index contributed by atoms with van der Waals surface area (Å²) in [7, 11) is 0. The largest absolute Gasteiger partial charge is 0.456 e.